The molecule has 6 heteroatoms. The van der Waals surface area contributed by atoms with Gasteiger partial charge in [0.25, 0.3) is 0 Å². The van der Waals surface area contributed by atoms with E-state index in [-0.39, 0.29) is 0 Å². The normalized spacial score (nSPS) is 10.9. The lowest BCUT2D eigenvalue weighted by Crippen LogP contribution is -2.01. The molecule has 2 aromatic heterocycles. The molecule has 0 unspecified atom stereocenters. The molecule has 0 bridgehead atoms. The Bertz CT molecular complexity index is 1020. The van der Waals surface area contributed by atoms with Gasteiger partial charge in [0.2, 0.25) is 5.95 Å². The number of nitrogen functional groups attached to an aromatic ring is 1. The van der Waals surface area contributed by atoms with E-state index in [1.807, 2.05) is 30.5 Å². The van der Waals surface area contributed by atoms with Crippen molar-refractivity contribution in [2.75, 3.05) is 11.1 Å². The summed E-state index contributed by atoms with van der Waals surface area (Å²) in [6, 6.07) is 16.2. The third kappa shape index (κ3) is 2.55. The third-order valence-electron chi connectivity index (χ3n) is 3.73. The molecule has 2 heterocycles. The van der Waals surface area contributed by atoms with Crippen LogP contribution in [0, 0.1) is 6.07 Å². The van der Waals surface area contributed by atoms with Gasteiger partial charge in [-0.1, -0.05) is 35.9 Å². The summed E-state index contributed by atoms with van der Waals surface area (Å²) < 4.78 is 0. The maximum absolute atomic E-state index is 6.32. The lowest BCUT2D eigenvalue weighted by Gasteiger charge is -2.09. The Morgan fingerprint density at radius 2 is 2.08 bits per heavy atom. The molecule has 0 amide bonds. The number of aromatic amines is 1. The fraction of sp³-hybridized carbons (Fsp3) is 0. The maximum Gasteiger partial charge on any atom is 0.227 e. The van der Waals surface area contributed by atoms with Crippen LogP contribution in [0.25, 0.3) is 22.2 Å². The smallest absolute Gasteiger partial charge is 0.227 e. The van der Waals surface area contributed by atoms with Crippen LogP contribution in [0.2, 0.25) is 5.02 Å². The van der Waals surface area contributed by atoms with Gasteiger partial charge in [0.05, 0.1) is 28.3 Å². The Hall–Kier alpha value is -3.05. The molecule has 0 fully saturated rings. The van der Waals surface area contributed by atoms with Crippen molar-refractivity contribution < 1.29 is 0 Å². The quantitative estimate of drug-likeness (QED) is 0.485. The van der Waals surface area contributed by atoms with Crippen LogP contribution in [0.1, 0.15) is 0 Å². The molecule has 117 valence electrons. The Labute approximate surface area is 143 Å². The van der Waals surface area contributed by atoms with Gasteiger partial charge in [-0.3, -0.25) is 0 Å². The van der Waals surface area contributed by atoms with Gasteiger partial charge in [-0.25, -0.2) is 9.97 Å². The van der Waals surface area contributed by atoms with Crippen LogP contribution >= 0.6 is 11.6 Å². The van der Waals surface area contributed by atoms with Gasteiger partial charge >= 0.3 is 0 Å². The number of hydrogen-bond acceptors (Lipinski definition) is 4. The van der Waals surface area contributed by atoms with E-state index in [0.717, 1.165) is 16.5 Å². The van der Waals surface area contributed by atoms with E-state index in [9.17, 15) is 0 Å². The van der Waals surface area contributed by atoms with Gasteiger partial charge in [0.1, 0.15) is 0 Å². The molecule has 1 radical (unpaired) electrons. The molecular formula is C18H13ClN5. The summed E-state index contributed by atoms with van der Waals surface area (Å²) in [6.07, 6.45) is 3.48. The van der Waals surface area contributed by atoms with Crippen LogP contribution in [0.15, 0.2) is 54.9 Å². The predicted molar refractivity (Wildman–Crippen MR) is 97.3 cm³/mol. The standard InChI is InChI=1S/C18H13ClN5/c19-13-10-22-18(23-16-8-4-2-6-14(16)20)24-17(13)12-9-21-15-7-3-1-5-11(12)15/h1-3,5-10,21H,20H2,(H,22,23,24). The second-order valence-corrected chi connectivity index (χ2v) is 5.68. The number of rotatable bonds is 3. The minimum atomic E-state index is 0.422. The van der Waals surface area contributed by atoms with Crippen molar-refractivity contribution in [2.24, 2.45) is 0 Å². The van der Waals surface area contributed by atoms with Crippen LogP contribution in [0.3, 0.4) is 0 Å². The van der Waals surface area contributed by atoms with Gasteiger partial charge < -0.3 is 16.0 Å². The third-order valence-corrected chi connectivity index (χ3v) is 4.01. The first-order chi connectivity index (χ1) is 11.7. The van der Waals surface area contributed by atoms with E-state index < -0.39 is 0 Å². The van der Waals surface area contributed by atoms with Gasteiger partial charge in [0.15, 0.2) is 0 Å². The van der Waals surface area contributed by atoms with E-state index in [4.69, 9.17) is 17.3 Å². The number of nitrogens with zero attached hydrogens (tertiary/aromatic N) is 2. The molecule has 0 saturated carbocycles. The first-order valence-corrected chi connectivity index (χ1v) is 7.72. The number of para-hydroxylation sites is 1. The predicted octanol–water partition coefficient (Wildman–Crippen LogP) is 4.40. The molecule has 2 aromatic carbocycles. The largest absolute Gasteiger partial charge is 0.397 e. The van der Waals surface area contributed by atoms with Crippen molar-refractivity contribution in [1.29, 1.82) is 0 Å². The summed E-state index contributed by atoms with van der Waals surface area (Å²) in [5.41, 5.74) is 9.84. The molecule has 5 nitrogen and oxygen atoms in total. The Morgan fingerprint density at radius 1 is 1.21 bits per heavy atom. The summed E-state index contributed by atoms with van der Waals surface area (Å²) in [5, 5.41) is 4.64. The highest BCUT2D eigenvalue weighted by atomic mass is 35.5. The van der Waals surface area contributed by atoms with Crippen LogP contribution in [-0.4, -0.2) is 15.0 Å². The van der Waals surface area contributed by atoms with E-state index in [0.29, 0.717) is 28.0 Å². The van der Waals surface area contributed by atoms with Crippen molar-refractivity contribution >= 4 is 39.8 Å². The van der Waals surface area contributed by atoms with Crippen LogP contribution < -0.4 is 11.1 Å². The maximum atomic E-state index is 6.32. The van der Waals surface area contributed by atoms with E-state index in [2.05, 4.69) is 26.3 Å². The lowest BCUT2D eigenvalue weighted by atomic mass is 10.1. The number of hydrogen-bond donors (Lipinski definition) is 3. The highest BCUT2D eigenvalue weighted by molar-refractivity contribution is 6.33. The molecule has 0 spiro atoms. The molecule has 0 aliphatic carbocycles. The molecule has 0 saturated heterocycles. The van der Waals surface area contributed by atoms with Crippen molar-refractivity contribution in [3.63, 3.8) is 0 Å². The minimum absolute atomic E-state index is 0.422. The number of nitrogens with one attached hydrogen (secondary N) is 2. The van der Waals surface area contributed by atoms with Crippen LogP contribution in [0.4, 0.5) is 17.3 Å². The fourth-order valence-electron chi connectivity index (χ4n) is 2.55. The number of halogens is 1. The molecule has 0 atom stereocenters. The zero-order valence-corrected chi connectivity index (χ0v) is 13.3. The average molecular weight is 335 g/mol. The van der Waals surface area contributed by atoms with E-state index in [1.165, 1.54) is 0 Å². The zero-order valence-electron chi connectivity index (χ0n) is 12.5. The van der Waals surface area contributed by atoms with Gasteiger partial charge in [0, 0.05) is 22.7 Å². The highest BCUT2D eigenvalue weighted by Gasteiger charge is 2.13. The molecule has 0 aliphatic rings. The average Bonchev–Trinajstić information content (AvgIpc) is 3.02. The number of benzene rings is 2. The molecule has 4 rings (SSSR count). The van der Waals surface area contributed by atoms with Crippen LogP contribution in [0.5, 0.6) is 0 Å². The summed E-state index contributed by atoms with van der Waals surface area (Å²) in [4.78, 5) is 12.0. The van der Waals surface area contributed by atoms with Crippen molar-refractivity contribution in [3.05, 3.63) is 65.9 Å². The van der Waals surface area contributed by atoms with E-state index >= 15 is 0 Å². The summed E-state index contributed by atoms with van der Waals surface area (Å²) in [5.74, 6) is 0.422. The zero-order chi connectivity index (χ0) is 16.5. The number of H-pyrrole nitrogens is 1. The van der Waals surface area contributed by atoms with E-state index in [1.54, 1.807) is 24.4 Å². The molecular weight excluding hydrogens is 322 g/mol. The Balaban J connectivity index is 1.78. The molecule has 24 heavy (non-hydrogen) atoms. The van der Waals surface area contributed by atoms with Crippen molar-refractivity contribution in [2.45, 2.75) is 0 Å². The minimum Gasteiger partial charge on any atom is -0.397 e. The molecule has 0 aliphatic heterocycles. The topological polar surface area (TPSA) is 79.6 Å². The monoisotopic (exact) mass is 334 g/mol. The Kier molecular flexibility index (Phi) is 3.55. The Morgan fingerprint density at radius 3 is 2.96 bits per heavy atom. The highest BCUT2D eigenvalue weighted by Crippen LogP contribution is 2.32. The number of nitrogens with two attached hydrogens (primary N) is 1. The molecule has 4 aromatic rings. The van der Waals surface area contributed by atoms with Crippen LogP contribution in [-0.2, 0) is 0 Å². The SMILES string of the molecule is Nc1cc[c]cc1Nc1ncc(Cl)c(-c2c[nH]c3ccccc23)n1. The lowest BCUT2D eigenvalue weighted by molar-refractivity contribution is 1.17. The second-order valence-electron chi connectivity index (χ2n) is 5.28. The summed E-state index contributed by atoms with van der Waals surface area (Å²) >= 11 is 6.32. The van der Waals surface area contributed by atoms with Gasteiger partial charge in [-0.2, -0.15) is 0 Å². The summed E-state index contributed by atoms with van der Waals surface area (Å²) in [6.45, 7) is 0. The fourth-order valence-corrected chi connectivity index (χ4v) is 2.75. The number of aromatic nitrogens is 3. The first kappa shape index (κ1) is 14.5. The van der Waals surface area contributed by atoms with Crippen molar-refractivity contribution in [1.82, 2.24) is 15.0 Å². The van der Waals surface area contributed by atoms with Gasteiger partial charge in [-0.05, 0) is 24.3 Å². The first-order valence-electron chi connectivity index (χ1n) is 7.34. The van der Waals surface area contributed by atoms with Crippen molar-refractivity contribution in [3.8, 4) is 11.3 Å². The number of anilines is 3. The summed E-state index contributed by atoms with van der Waals surface area (Å²) in [7, 11) is 0. The number of fused-ring (bicyclic) bond motifs is 1. The second kappa shape index (κ2) is 5.86. The van der Waals surface area contributed by atoms with Gasteiger partial charge in [-0.15, -0.1) is 0 Å². The molecule has 4 N–H and O–H groups in total.